The zero-order valence-corrected chi connectivity index (χ0v) is 20.8. The highest BCUT2D eigenvalue weighted by Crippen LogP contribution is 2.07. The van der Waals surface area contributed by atoms with Crippen LogP contribution in [0.2, 0.25) is 0 Å². The summed E-state index contributed by atoms with van der Waals surface area (Å²) in [7, 11) is 0. The van der Waals surface area contributed by atoms with Gasteiger partial charge >= 0.3 is 11.9 Å². The number of nitrogens with one attached hydrogen (secondary N) is 5. The van der Waals surface area contributed by atoms with E-state index in [1.165, 1.54) is 36.8 Å². The lowest BCUT2D eigenvalue weighted by atomic mass is 10.1. The molecule has 2 heterocycles. The van der Waals surface area contributed by atoms with E-state index in [0.717, 1.165) is 0 Å². The van der Waals surface area contributed by atoms with Gasteiger partial charge in [0, 0.05) is 36.6 Å². The van der Waals surface area contributed by atoms with Crippen molar-refractivity contribution in [1.82, 2.24) is 35.9 Å². The summed E-state index contributed by atoms with van der Waals surface area (Å²) in [5.41, 5.74) is 6.61. The molecule has 3 amide bonds. The quantitative estimate of drug-likeness (QED) is 0.116. The minimum atomic E-state index is -1.40. The topological polar surface area (TPSA) is 245 Å². The molecule has 15 nitrogen and oxygen atoms in total. The highest BCUT2D eigenvalue weighted by Gasteiger charge is 2.31. The van der Waals surface area contributed by atoms with Crippen LogP contribution in [-0.4, -0.2) is 96.0 Å². The highest BCUT2D eigenvalue weighted by atomic mass is 32.2. The molecule has 4 atom stereocenters. The average Bonchev–Trinajstić information content (AvgIpc) is 3.54. The number of H-pyrrole nitrogens is 2. The van der Waals surface area contributed by atoms with E-state index in [1.807, 2.05) is 0 Å². The predicted octanol–water partition coefficient (Wildman–Crippen LogP) is -1.99. The number of hydrogen-bond donors (Lipinski definition) is 8. The summed E-state index contributed by atoms with van der Waals surface area (Å²) in [5, 5.41) is 25.9. The molecule has 0 saturated heterocycles. The SMILES string of the molecule is CSCCC(NC(=O)C(Cc1cnc[nH]1)NC(=O)C(N)CC(=O)O)C(=O)NC(Cc1cnc[nH]1)C(=O)O. The average molecular weight is 539 g/mol. The number of nitrogens with zero attached hydrogens (tertiary/aromatic N) is 2. The largest absolute Gasteiger partial charge is 0.481 e. The lowest BCUT2D eigenvalue weighted by Crippen LogP contribution is -2.58. The molecule has 2 aromatic heterocycles. The number of carbonyl (C=O) groups excluding carboxylic acids is 3. The minimum Gasteiger partial charge on any atom is -0.481 e. The molecule has 0 fully saturated rings. The van der Waals surface area contributed by atoms with E-state index in [9.17, 15) is 29.1 Å². The first-order chi connectivity index (χ1) is 17.6. The second kappa shape index (κ2) is 14.6. The molecule has 4 unspecified atom stereocenters. The van der Waals surface area contributed by atoms with Gasteiger partial charge in [-0.3, -0.25) is 19.2 Å². The van der Waals surface area contributed by atoms with E-state index < -0.39 is 60.2 Å². The van der Waals surface area contributed by atoms with Crippen molar-refractivity contribution < 1.29 is 34.2 Å². The van der Waals surface area contributed by atoms with E-state index >= 15 is 0 Å². The molecule has 0 bridgehead atoms. The summed E-state index contributed by atoms with van der Waals surface area (Å²) >= 11 is 1.42. The van der Waals surface area contributed by atoms with Crippen LogP contribution in [0.1, 0.15) is 24.2 Å². The Hall–Kier alpha value is -3.92. The van der Waals surface area contributed by atoms with Crippen molar-refractivity contribution in [2.45, 2.75) is 49.9 Å². The van der Waals surface area contributed by atoms with E-state index in [1.54, 1.807) is 6.26 Å². The molecule has 0 aliphatic carbocycles. The van der Waals surface area contributed by atoms with Crippen LogP contribution in [0.4, 0.5) is 0 Å². The summed E-state index contributed by atoms with van der Waals surface area (Å²) in [6, 6.07) is -5.02. The fraction of sp³-hybridized carbons (Fsp3) is 0.476. The van der Waals surface area contributed by atoms with Crippen molar-refractivity contribution in [2.75, 3.05) is 12.0 Å². The summed E-state index contributed by atoms with van der Waals surface area (Å²) in [5.74, 6) is -4.41. The van der Waals surface area contributed by atoms with Gasteiger partial charge in [-0.05, 0) is 18.4 Å². The fourth-order valence-corrected chi connectivity index (χ4v) is 3.72. The van der Waals surface area contributed by atoms with Gasteiger partial charge in [0.25, 0.3) is 0 Å². The molecule has 0 aliphatic rings. The van der Waals surface area contributed by atoms with Crippen LogP contribution in [-0.2, 0) is 36.8 Å². The zero-order chi connectivity index (χ0) is 27.4. The van der Waals surface area contributed by atoms with Crippen LogP contribution in [0.25, 0.3) is 0 Å². The molecular formula is C21H30N8O7S. The maximum atomic E-state index is 13.2. The maximum absolute atomic E-state index is 13.2. The Bertz CT molecular complexity index is 1050. The van der Waals surface area contributed by atoms with Gasteiger partial charge in [0.05, 0.1) is 25.1 Å². The Morgan fingerprint density at radius 3 is 1.89 bits per heavy atom. The Morgan fingerprint density at radius 1 is 0.892 bits per heavy atom. The number of hydrogen-bond acceptors (Lipinski definition) is 9. The van der Waals surface area contributed by atoms with Crippen molar-refractivity contribution >= 4 is 41.4 Å². The van der Waals surface area contributed by atoms with Gasteiger partial charge in [0.1, 0.15) is 18.1 Å². The zero-order valence-electron chi connectivity index (χ0n) is 20.0. The number of rotatable bonds is 16. The number of amides is 3. The number of thioether (sulfide) groups is 1. The van der Waals surface area contributed by atoms with Gasteiger partial charge < -0.3 is 41.9 Å². The van der Waals surface area contributed by atoms with Gasteiger partial charge in [-0.25, -0.2) is 14.8 Å². The normalized spacial score (nSPS) is 14.1. The first-order valence-electron chi connectivity index (χ1n) is 11.1. The predicted molar refractivity (Wildman–Crippen MR) is 131 cm³/mol. The van der Waals surface area contributed by atoms with Crippen LogP contribution in [0, 0.1) is 0 Å². The van der Waals surface area contributed by atoms with Crippen molar-refractivity contribution in [3.05, 3.63) is 36.4 Å². The van der Waals surface area contributed by atoms with E-state index in [4.69, 9.17) is 10.8 Å². The van der Waals surface area contributed by atoms with Gasteiger partial charge in [-0.1, -0.05) is 0 Å². The standard InChI is InChI=1S/C21H30N8O7S/c1-37-3-2-14(19(33)29-16(21(35)36)5-12-8-24-10-26-12)27-20(34)15(4-11-7-23-9-25-11)28-18(32)13(22)6-17(30)31/h7-10,13-16H,2-6,22H2,1H3,(H,23,25)(H,24,26)(H,27,34)(H,28,32)(H,29,33)(H,30,31)(H,35,36). The highest BCUT2D eigenvalue weighted by molar-refractivity contribution is 7.98. The number of aliphatic carboxylic acids is 2. The molecule has 0 aliphatic heterocycles. The van der Waals surface area contributed by atoms with Gasteiger partial charge in [-0.15, -0.1) is 0 Å². The van der Waals surface area contributed by atoms with Crippen molar-refractivity contribution in [3.63, 3.8) is 0 Å². The molecule has 2 aromatic rings. The first kappa shape index (κ1) is 29.3. The van der Waals surface area contributed by atoms with Crippen molar-refractivity contribution in [2.24, 2.45) is 5.73 Å². The van der Waals surface area contributed by atoms with E-state index in [0.29, 0.717) is 17.1 Å². The van der Waals surface area contributed by atoms with Gasteiger partial charge in [-0.2, -0.15) is 11.8 Å². The summed E-state index contributed by atoms with van der Waals surface area (Å²) < 4.78 is 0. The van der Waals surface area contributed by atoms with Gasteiger partial charge in [0.15, 0.2) is 0 Å². The van der Waals surface area contributed by atoms with Crippen LogP contribution in [0.15, 0.2) is 25.0 Å². The van der Waals surface area contributed by atoms with Crippen LogP contribution in [0.3, 0.4) is 0 Å². The number of aromatic nitrogens is 4. The van der Waals surface area contributed by atoms with Crippen LogP contribution >= 0.6 is 11.8 Å². The fourth-order valence-electron chi connectivity index (χ4n) is 3.25. The lowest BCUT2D eigenvalue weighted by Gasteiger charge is -2.25. The molecule has 16 heteroatoms. The molecule has 9 N–H and O–H groups in total. The Balaban J connectivity index is 2.16. The second-order valence-corrected chi connectivity index (χ2v) is 9.06. The van der Waals surface area contributed by atoms with Crippen molar-refractivity contribution in [3.8, 4) is 0 Å². The van der Waals surface area contributed by atoms with Crippen LogP contribution < -0.4 is 21.7 Å². The Morgan fingerprint density at radius 2 is 1.41 bits per heavy atom. The second-order valence-electron chi connectivity index (χ2n) is 8.07. The maximum Gasteiger partial charge on any atom is 0.326 e. The Kier molecular flexibility index (Phi) is 11.6. The smallest absolute Gasteiger partial charge is 0.326 e. The number of nitrogens with two attached hydrogens (primary N) is 1. The third kappa shape index (κ3) is 9.92. The Labute approximate surface area is 215 Å². The number of carboxylic acids is 2. The van der Waals surface area contributed by atoms with Crippen molar-refractivity contribution in [1.29, 1.82) is 0 Å². The summed E-state index contributed by atoms with van der Waals surface area (Å²) in [6.07, 6.45) is 6.88. The monoisotopic (exact) mass is 538 g/mol. The van der Waals surface area contributed by atoms with E-state index in [2.05, 4.69) is 35.9 Å². The molecule has 2 rings (SSSR count). The molecule has 202 valence electrons. The summed E-state index contributed by atoms with van der Waals surface area (Å²) in [6.45, 7) is 0. The van der Waals surface area contributed by atoms with E-state index in [-0.39, 0.29) is 19.3 Å². The first-order valence-corrected chi connectivity index (χ1v) is 12.5. The lowest BCUT2D eigenvalue weighted by molar-refractivity contribution is -0.142. The third-order valence-corrected chi connectivity index (χ3v) is 5.82. The third-order valence-electron chi connectivity index (χ3n) is 5.18. The number of imidazole rings is 2. The molecular weight excluding hydrogens is 508 g/mol. The molecule has 37 heavy (non-hydrogen) atoms. The molecule has 0 radical (unpaired) electrons. The number of carboxylic acid groups (broad SMARTS) is 2. The minimum absolute atomic E-state index is 0.0498. The number of carbonyl (C=O) groups is 5. The number of aromatic amines is 2. The van der Waals surface area contributed by atoms with Gasteiger partial charge in [0.2, 0.25) is 17.7 Å². The molecule has 0 aromatic carbocycles. The molecule has 0 saturated carbocycles. The summed E-state index contributed by atoms with van der Waals surface area (Å²) in [4.78, 5) is 74.5. The molecule has 0 spiro atoms. The van der Waals surface area contributed by atoms with Crippen LogP contribution in [0.5, 0.6) is 0 Å².